The SMILES string of the molecule is COc1cc2c(=O)n(-c3ccccc3)cnc2cc1OCCCN1CCOCC1. The van der Waals surface area contributed by atoms with Crippen molar-refractivity contribution >= 4 is 10.9 Å². The number of morpholine rings is 1. The number of rotatable bonds is 7. The summed E-state index contributed by atoms with van der Waals surface area (Å²) in [4.78, 5) is 19.8. The van der Waals surface area contributed by atoms with Crippen molar-refractivity contribution in [1.29, 1.82) is 0 Å². The summed E-state index contributed by atoms with van der Waals surface area (Å²) in [6.45, 7) is 5.07. The lowest BCUT2D eigenvalue weighted by Gasteiger charge is -2.26. The van der Waals surface area contributed by atoms with Gasteiger partial charge in [0.25, 0.3) is 5.56 Å². The molecule has 0 N–H and O–H groups in total. The Bertz CT molecular complexity index is 1010. The van der Waals surface area contributed by atoms with Crippen LogP contribution in [0.4, 0.5) is 0 Å². The van der Waals surface area contributed by atoms with E-state index in [1.165, 1.54) is 4.57 Å². The van der Waals surface area contributed by atoms with Crippen molar-refractivity contribution in [2.24, 2.45) is 0 Å². The van der Waals surface area contributed by atoms with Crippen LogP contribution in [-0.4, -0.2) is 61.0 Å². The van der Waals surface area contributed by atoms with Crippen LogP contribution >= 0.6 is 0 Å². The van der Waals surface area contributed by atoms with Crippen LogP contribution < -0.4 is 15.0 Å². The van der Waals surface area contributed by atoms with E-state index in [0.29, 0.717) is 29.0 Å². The summed E-state index contributed by atoms with van der Waals surface area (Å²) in [7, 11) is 1.58. The van der Waals surface area contributed by atoms with Crippen molar-refractivity contribution in [1.82, 2.24) is 14.5 Å². The van der Waals surface area contributed by atoms with Crippen LogP contribution in [0.5, 0.6) is 11.5 Å². The van der Waals surface area contributed by atoms with Crippen LogP contribution in [-0.2, 0) is 4.74 Å². The zero-order chi connectivity index (χ0) is 20.1. The molecule has 4 rings (SSSR count). The van der Waals surface area contributed by atoms with Crippen molar-refractivity contribution in [2.45, 2.75) is 6.42 Å². The topological polar surface area (TPSA) is 65.8 Å². The number of benzene rings is 2. The standard InChI is InChI=1S/C22H25N3O4/c1-27-20-14-18-19(23-16-25(22(18)26)17-6-3-2-4-7-17)15-21(20)29-11-5-8-24-9-12-28-13-10-24/h2-4,6-7,14-16H,5,8-13H2,1H3. The Morgan fingerprint density at radius 2 is 1.90 bits per heavy atom. The molecule has 0 aliphatic carbocycles. The molecule has 0 amide bonds. The fourth-order valence-electron chi connectivity index (χ4n) is 3.47. The number of para-hydroxylation sites is 1. The number of ether oxygens (including phenoxy) is 3. The van der Waals surface area contributed by atoms with Crippen molar-refractivity contribution in [2.75, 3.05) is 46.6 Å². The molecule has 0 bridgehead atoms. The van der Waals surface area contributed by atoms with Crippen LogP contribution in [0.2, 0.25) is 0 Å². The second-order valence-electron chi connectivity index (χ2n) is 6.93. The molecule has 0 unspecified atom stereocenters. The zero-order valence-electron chi connectivity index (χ0n) is 16.5. The van der Waals surface area contributed by atoms with E-state index < -0.39 is 0 Å². The molecule has 1 aliphatic rings. The Morgan fingerprint density at radius 1 is 1.10 bits per heavy atom. The minimum Gasteiger partial charge on any atom is -0.493 e. The number of fused-ring (bicyclic) bond motifs is 1. The normalized spacial score (nSPS) is 14.8. The van der Waals surface area contributed by atoms with E-state index >= 15 is 0 Å². The largest absolute Gasteiger partial charge is 0.493 e. The molecule has 0 spiro atoms. The fraction of sp³-hybridized carbons (Fsp3) is 0.364. The molecular weight excluding hydrogens is 370 g/mol. The third kappa shape index (κ3) is 4.41. The minimum atomic E-state index is -0.140. The summed E-state index contributed by atoms with van der Waals surface area (Å²) in [5.74, 6) is 1.14. The average Bonchev–Trinajstić information content (AvgIpc) is 2.78. The average molecular weight is 395 g/mol. The summed E-state index contributed by atoms with van der Waals surface area (Å²) in [6.07, 6.45) is 2.46. The van der Waals surface area contributed by atoms with Crippen LogP contribution in [0.3, 0.4) is 0 Å². The fourth-order valence-corrected chi connectivity index (χ4v) is 3.47. The maximum atomic E-state index is 13.0. The minimum absolute atomic E-state index is 0.140. The second-order valence-corrected chi connectivity index (χ2v) is 6.93. The summed E-state index contributed by atoms with van der Waals surface area (Å²) in [5, 5.41) is 0.494. The number of nitrogens with zero attached hydrogens (tertiary/aromatic N) is 3. The molecule has 3 aromatic rings. The van der Waals surface area contributed by atoms with E-state index in [2.05, 4.69) is 9.88 Å². The first-order valence-corrected chi connectivity index (χ1v) is 9.84. The Labute approximate surface area is 169 Å². The maximum absolute atomic E-state index is 13.0. The molecule has 0 atom stereocenters. The van der Waals surface area contributed by atoms with Crippen molar-refractivity contribution in [3.05, 3.63) is 59.1 Å². The number of aromatic nitrogens is 2. The molecule has 1 aromatic heterocycles. The molecule has 1 aliphatic heterocycles. The van der Waals surface area contributed by atoms with Gasteiger partial charge in [-0.2, -0.15) is 0 Å². The Morgan fingerprint density at radius 3 is 2.66 bits per heavy atom. The van der Waals surface area contributed by atoms with E-state index in [-0.39, 0.29) is 5.56 Å². The van der Waals surface area contributed by atoms with Gasteiger partial charge >= 0.3 is 0 Å². The van der Waals surface area contributed by atoms with Crippen LogP contribution in [0.1, 0.15) is 6.42 Å². The molecule has 152 valence electrons. The van der Waals surface area contributed by atoms with Gasteiger partial charge in [-0.1, -0.05) is 18.2 Å². The van der Waals surface area contributed by atoms with Crippen LogP contribution in [0, 0.1) is 0 Å². The lowest BCUT2D eigenvalue weighted by atomic mass is 10.2. The Balaban J connectivity index is 1.52. The lowest BCUT2D eigenvalue weighted by molar-refractivity contribution is 0.0357. The maximum Gasteiger partial charge on any atom is 0.265 e. The molecule has 2 heterocycles. The number of hydrogen-bond acceptors (Lipinski definition) is 6. The monoisotopic (exact) mass is 395 g/mol. The highest BCUT2D eigenvalue weighted by molar-refractivity contribution is 5.82. The highest BCUT2D eigenvalue weighted by Gasteiger charge is 2.13. The van der Waals surface area contributed by atoms with Gasteiger partial charge in [0.2, 0.25) is 0 Å². The molecule has 0 saturated carbocycles. The number of hydrogen-bond donors (Lipinski definition) is 0. The van der Waals surface area contributed by atoms with E-state index in [1.54, 1.807) is 25.6 Å². The highest BCUT2D eigenvalue weighted by atomic mass is 16.5. The number of methoxy groups -OCH3 is 1. The zero-order valence-corrected chi connectivity index (χ0v) is 16.5. The van der Waals surface area contributed by atoms with Gasteiger partial charge < -0.3 is 14.2 Å². The molecule has 29 heavy (non-hydrogen) atoms. The van der Waals surface area contributed by atoms with E-state index in [4.69, 9.17) is 14.2 Å². The van der Waals surface area contributed by atoms with Gasteiger partial charge in [0.1, 0.15) is 6.33 Å². The van der Waals surface area contributed by atoms with Gasteiger partial charge in [0, 0.05) is 25.7 Å². The quantitative estimate of drug-likeness (QED) is 0.573. The summed E-state index contributed by atoms with van der Waals surface area (Å²) in [6, 6.07) is 12.9. The van der Waals surface area contributed by atoms with E-state index in [0.717, 1.165) is 45.0 Å². The van der Waals surface area contributed by atoms with Gasteiger partial charge in [0.05, 0.1) is 43.5 Å². The van der Waals surface area contributed by atoms with E-state index in [1.807, 2.05) is 30.3 Å². The van der Waals surface area contributed by atoms with Gasteiger partial charge in [-0.05, 0) is 24.6 Å². The van der Waals surface area contributed by atoms with E-state index in [9.17, 15) is 4.79 Å². The first-order valence-electron chi connectivity index (χ1n) is 9.84. The van der Waals surface area contributed by atoms with Crippen LogP contribution in [0.15, 0.2) is 53.6 Å². The van der Waals surface area contributed by atoms with Crippen molar-refractivity contribution in [3.8, 4) is 17.2 Å². The summed E-state index contributed by atoms with van der Waals surface area (Å²) in [5.41, 5.74) is 1.22. The first-order chi connectivity index (χ1) is 14.3. The molecule has 1 saturated heterocycles. The van der Waals surface area contributed by atoms with Gasteiger partial charge in [0.15, 0.2) is 11.5 Å². The molecule has 7 nitrogen and oxygen atoms in total. The molecule has 2 aromatic carbocycles. The lowest BCUT2D eigenvalue weighted by Crippen LogP contribution is -2.37. The van der Waals surface area contributed by atoms with Gasteiger partial charge in [-0.3, -0.25) is 14.3 Å². The Hall–Kier alpha value is -2.90. The smallest absolute Gasteiger partial charge is 0.265 e. The summed E-state index contributed by atoms with van der Waals surface area (Å²) >= 11 is 0. The third-order valence-electron chi connectivity index (χ3n) is 5.06. The molecule has 7 heteroatoms. The molecule has 0 radical (unpaired) electrons. The molecule has 1 fully saturated rings. The predicted molar refractivity (Wildman–Crippen MR) is 111 cm³/mol. The predicted octanol–water partition coefficient (Wildman–Crippen LogP) is 2.50. The summed E-state index contributed by atoms with van der Waals surface area (Å²) < 4.78 is 18.3. The van der Waals surface area contributed by atoms with Crippen LogP contribution in [0.25, 0.3) is 16.6 Å². The van der Waals surface area contributed by atoms with Gasteiger partial charge in [-0.15, -0.1) is 0 Å². The van der Waals surface area contributed by atoms with Crippen molar-refractivity contribution in [3.63, 3.8) is 0 Å². The first kappa shape index (κ1) is 19.4. The highest BCUT2D eigenvalue weighted by Crippen LogP contribution is 2.30. The van der Waals surface area contributed by atoms with Gasteiger partial charge in [-0.25, -0.2) is 4.98 Å². The molecular formula is C22H25N3O4. The van der Waals surface area contributed by atoms with Crippen molar-refractivity contribution < 1.29 is 14.2 Å². The second kappa shape index (κ2) is 9.07. The third-order valence-corrected chi connectivity index (χ3v) is 5.06. The Kier molecular flexibility index (Phi) is 6.07.